The van der Waals surface area contributed by atoms with Crippen LogP contribution < -0.4 is 10.2 Å². The topological polar surface area (TPSA) is 84.4 Å². The smallest absolute Gasteiger partial charge is 0.414 e. The van der Waals surface area contributed by atoms with E-state index in [2.05, 4.69) is 15.3 Å². The van der Waals surface area contributed by atoms with Crippen molar-refractivity contribution < 1.29 is 14.3 Å². The van der Waals surface area contributed by atoms with Crippen LogP contribution in [0.15, 0.2) is 61.1 Å². The summed E-state index contributed by atoms with van der Waals surface area (Å²) in [4.78, 5) is 35.9. The van der Waals surface area contributed by atoms with Gasteiger partial charge < -0.3 is 10.1 Å². The number of benzene rings is 2. The number of nitrogens with zero attached hydrogens (tertiary/aromatic N) is 3. The van der Waals surface area contributed by atoms with E-state index in [0.29, 0.717) is 30.1 Å². The predicted octanol–water partition coefficient (Wildman–Crippen LogP) is 5.56. The molecule has 1 unspecified atom stereocenters. The maximum Gasteiger partial charge on any atom is 0.414 e. The number of nitrogens with one attached hydrogen (secondary N) is 1. The fraction of sp³-hybridized carbons (Fsp3) is 0.333. The standard InChI is InChI=1S/C27H32N4O3/c1-6-31(27(33)34-17-18(2)3)24-14-22(21-9-7-19(4)8-10-21)13-23(15-24)26(32)30-20(5)25-16-28-11-12-29-25/h7-16,18,20H,6,17H2,1-5H3,(H,30,32). The Morgan fingerprint density at radius 1 is 1.03 bits per heavy atom. The van der Waals surface area contributed by atoms with E-state index in [-0.39, 0.29) is 17.9 Å². The van der Waals surface area contributed by atoms with Crippen molar-refractivity contribution in [3.8, 4) is 11.1 Å². The van der Waals surface area contributed by atoms with Gasteiger partial charge in [-0.3, -0.25) is 19.7 Å². The van der Waals surface area contributed by atoms with Crippen molar-refractivity contribution in [3.05, 3.63) is 77.9 Å². The zero-order chi connectivity index (χ0) is 24.7. The number of aromatic nitrogens is 2. The number of carbonyl (C=O) groups is 2. The number of carbonyl (C=O) groups excluding carboxylic acids is 2. The third-order valence-electron chi connectivity index (χ3n) is 5.33. The second kappa shape index (κ2) is 11.4. The van der Waals surface area contributed by atoms with E-state index in [9.17, 15) is 9.59 Å². The summed E-state index contributed by atoms with van der Waals surface area (Å²) < 4.78 is 5.47. The van der Waals surface area contributed by atoms with Crippen molar-refractivity contribution in [2.24, 2.45) is 5.92 Å². The van der Waals surface area contributed by atoms with Gasteiger partial charge in [0.05, 0.1) is 24.5 Å². The highest BCUT2D eigenvalue weighted by Gasteiger charge is 2.20. The normalized spacial score (nSPS) is 11.7. The van der Waals surface area contributed by atoms with E-state index < -0.39 is 6.09 Å². The highest BCUT2D eigenvalue weighted by atomic mass is 16.6. The van der Waals surface area contributed by atoms with Crippen LogP contribution >= 0.6 is 0 Å². The molecule has 3 rings (SSSR count). The monoisotopic (exact) mass is 460 g/mol. The third-order valence-corrected chi connectivity index (χ3v) is 5.33. The molecule has 0 spiro atoms. The Kier molecular flexibility index (Phi) is 8.35. The number of anilines is 1. The van der Waals surface area contributed by atoms with E-state index in [1.165, 1.54) is 0 Å². The summed E-state index contributed by atoms with van der Waals surface area (Å²) in [7, 11) is 0. The molecule has 0 saturated heterocycles. The van der Waals surface area contributed by atoms with Gasteiger partial charge in [-0.15, -0.1) is 0 Å². The largest absolute Gasteiger partial charge is 0.449 e. The third kappa shape index (κ3) is 6.41. The van der Waals surface area contributed by atoms with Crippen molar-refractivity contribution in [1.82, 2.24) is 15.3 Å². The van der Waals surface area contributed by atoms with E-state index in [1.807, 2.05) is 71.0 Å². The summed E-state index contributed by atoms with van der Waals surface area (Å²) in [5.74, 6) is -0.0366. The summed E-state index contributed by atoms with van der Waals surface area (Å²) in [5, 5.41) is 2.98. The summed E-state index contributed by atoms with van der Waals surface area (Å²) in [6.45, 7) is 10.5. The minimum Gasteiger partial charge on any atom is -0.449 e. The minimum absolute atomic E-state index is 0.227. The Hall–Kier alpha value is -3.74. The summed E-state index contributed by atoms with van der Waals surface area (Å²) in [6, 6.07) is 13.2. The molecule has 34 heavy (non-hydrogen) atoms. The van der Waals surface area contributed by atoms with Crippen LogP contribution in [-0.2, 0) is 4.74 Å². The van der Waals surface area contributed by atoms with Crippen LogP contribution in [0.3, 0.4) is 0 Å². The number of amides is 2. The van der Waals surface area contributed by atoms with Crippen molar-refractivity contribution in [1.29, 1.82) is 0 Å². The maximum absolute atomic E-state index is 13.2. The van der Waals surface area contributed by atoms with Crippen molar-refractivity contribution in [3.63, 3.8) is 0 Å². The molecule has 7 heteroatoms. The lowest BCUT2D eigenvalue weighted by Gasteiger charge is -2.23. The highest BCUT2D eigenvalue weighted by molar-refractivity contribution is 5.98. The van der Waals surface area contributed by atoms with Crippen molar-refractivity contribution in [2.75, 3.05) is 18.1 Å². The number of ether oxygens (including phenoxy) is 1. The van der Waals surface area contributed by atoms with Crippen LogP contribution in [0.2, 0.25) is 0 Å². The summed E-state index contributed by atoms with van der Waals surface area (Å²) in [6.07, 6.45) is 4.38. The maximum atomic E-state index is 13.2. The molecule has 2 amide bonds. The molecule has 0 aliphatic rings. The van der Waals surface area contributed by atoms with Gasteiger partial charge in [0.25, 0.3) is 5.91 Å². The molecule has 2 aromatic carbocycles. The molecule has 0 aliphatic heterocycles. The van der Waals surface area contributed by atoms with Gasteiger partial charge in [0.15, 0.2) is 0 Å². The van der Waals surface area contributed by atoms with Gasteiger partial charge in [0, 0.05) is 30.2 Å². The summed E-state index contributed by atoms with van der Waals surface area (Å²) >= 11 is 0. The van der Waals surface area contributed by atoms with Crippen molar-refractivity contribution >= 4 is 17.7 Å². The SMILES string of the molecule is CCN(C(=O)OCC(C)C)c1cc(C(=O)NC(C)c2cnccn2)cc(-c2ccc(C)cc2)c1. The molecule has 1 aromatic heterocycles. The molecular weight excluding hydrogens is 428 g/mol. The molecule has 0 bridgehead atoms. The first-order chi connectivity index (χ1) is 16.3. The second-order valence-electron chi connectivity index (χ2n) is 8.68. The Bertz CT molecular complexity index is 1110. The Morgan fingerprint density at radius 2 is 1.76 bits per heavy atom. The lowest BCUT2D eigenvalue weighted by molar-refractivity contribution is 0.0939. The van der Waals surface area contributed by atoms with Crippen LogP contribution in [-0.4, -0.2) is 35.1 Å². The molecule has 3 aromatic rings. The lowest BCUT2D eigenvalue weighted by atomic mass is 10.00. The first-order valence-corrected chi connectivity index (χ1v) is 11.5. The van der Waals surface area contributed by atoms with Crippen LogP contribution in [0.4, 0.5) is 10.5 Å². The second-order valence-corrected chi connectivity index (χ2v) is 8.68. The number of hydrogen-bond donors (Lipinski definition) is 1. The van der Waals surface area contributed by atoms with Crippen molar-refractivity contribution in [2.45, 2.75) is 40.7 Å². The van der Waals surface area contributed by atoms with Gasteiger partial charge in [0.1, 0.15) is 0 Å². The first kappa shape index (κ1) is 24.9. The molecule has 0 fully saturated rings. The number of aryl methyl sites for hydroxylation is 1. The molecule has 1 N–H and O–H groups in total. The van der Waals surface area contributed by atoms with E-state index in [0.717, 1.165) is 16.7 Å². The number of hydrogen-bond acceptors (Lipinski definition) is 5. The van der Waals surface area contributed by atoms with Gasteiger partial charge >= 0.3 is 6.09 Å². The fourth-order valence-electron chi connectivity index (χ4n) is 3.43. The Labute approximate surface area is 201 Å². The van der Waals surface area contributed by atoms with Crippen LogP contribution in [0, 0.1) is 12.8 Å². The predicted molar refractivity (Wildman–Crippen MR) is 134 cm³/mol. The quantitative estimate of drug-likeness (QED) is 0.476. The Morgan fingerprint density at radius 3 is 2.38 bits per heavy atom. The van der Waals surface area contributed by atoms with E-state index >= 15 is 0 Å². The van der Waals surface area contributed by atoms with Gasteiger partial charge in [-0.25, -0.2) is 4.79 Å². The average molecular weight is 461 g/mol. The van der Waals surface area contributed by atoms with Gasteiger partial charge in [-0.1, -0.05) is 43.7 Å². The Balaban J connectivity index is 1.97. The zero-order valence-electron chi connectivity index (χ0n) is 20.4. The molecule has 1 atom stereocenters. The lowest BCUT2D eigenvalue weighted by Crippen LogP contribution is -2.33. The molecule has 0 saturated carbocycles. The highest BCUT2D eigenvalue weighted by Crippen LogP contribution is 2.28. The molecule has 178 valence electrons. The van der Waals surface area contributed by atoms with E-state index in [4.69, 9.17) is 4.74 Å². The van der Waals surface area contributed by atoms with Gasteiger partial charge in [-0.05, 0) is 56.0 Å². The molecular formula is C27H32N4O3. The number of rotatable bonds is 8. The summed E-state index contributed by atoms with van der Waals surface area (Å²) in [5.41, 5.74) is 4.65. The average Bonchev–Trinajstić information content (AvgIpc) is 2.84. The molecule has 0 aliphatic carbocycles. The van der Waals surface area contributed by atoms with Crippen LogP contribution in [0.1, 0.15) is 55.4 Å². The fourth-order valence-corrected chi connectivity index (χ4v) is 3.43. The zero-order valence-corrected chi connectivity index (χ0v) is 20.4. The van der Waals surface area contributed by atoms with Gasteiger partial charge in [-0.2, -0.15) is 0 Å². The minimum atomic E-state index is -0.434. The molecule has 0 radical (unpaired) electrons. The van der Waals surface area contributed by atoms with Crippen LogP contribution in [0.25, 0.3) is 11.1 Å². The van der Waals surface area contributed by atoms with Crippen LogP contribution in [0.5, 0.6) is 0 Å². The van der Waals surface area contributed by atoms with Gasteiger partial charge in [0.2, 0.25) is 0 Å². The molecule has 7 nitrogen and oxygen atoms in total. The van der Waals surface area contributed by atoms with E-state index in [1.54, 1.807) is 29.6 Å². The molecule has 1 heterocycles. The first-order valence-electron chi connectivity index (χ1n) is 11.5.